The highest BCUT2D eigenvalue weighted by atomic mass is 16.5. The van der Waals surface area contributed by atoms with Crippen molar-refractivity contribution in [2.24, 2.45) is 11.3 Å². The molecule has 1 aromatic heterocycles. The van der Waals surface area contributed by atoms with Crippen LogP contribution in [0.25, 0.3) is 0 Å². The Morgan fingerprint density at radius 3 is 2.92 bits per heavy atom. The summed E-state index contributed by atoms with van der Waals surface area (Å²) in [6.45, 7) is 2.85. The van der Waals surface area contributed by atoms with Crippen LogP contribution in [0.15, 0.2) is 24.4 Å². The Balaban J connectivity index is 1.34. The molecule has 1 amide bonds. The molecule has 2 heterocycles. The zero-order valence-electron chi connectivity index (χ0n) is 14.8. The molecular formula is C20H28N2O3. The Morgan fingerprint density at radius 1 is 1.32 bits per heavy atom. The van der Waals surface area contributed by atoms with Gasteiger partial charge < -0.3 is 14.7 Å². The minimum absolute atomic E-state index is 0.104. The summed E-state index contributed by atoms with van der Waals surface area (Å²) in [5, 5.41) is 10.3. The molecule has 0 bridgehead atoms. The fourth-order valence-electron chi connectivity index (χ4n) is 4.84. The predicted molar refractivity (Wildman–Crippen MR) is 93.7 cm³/mol. The number of likely N-dealkylation sites (tertiary alicyclic amines) is 1. The van der Waals surface area contributed by atoms with E-state index < -0.39 is 5.60 Å². The Bertz CT molecular complexity index is 617. The maximum Gasteiger partial charge on any atom is 0.225 e. The molecule has 1 saturated heterocycles. The molecule has 1 N–H and O–H groups in total. The van der Waals surface area contributed by atoms with E-state index in [9.17, 15) is 9.90 Å². The first-order valence-corrected chi connectivity index (χ1v) is 9.57. The van der Waals surface area contributed by atoms with Gasteiger partial charge in [0, 0.05) is 24.7 Å². The standard InChI is InChI=1S/C20H28N2O3/c23-18(11-20(24)8-4-9-20)22-12-16-5-3-7-19(16,14-22)15-25-13-17-6-1-2-10-21-17/h1-2,6,10,16,24H,3-5,7-9,11-15H2/t16-,19+/m1/s1. The molecule has 1 aliphatic heterocycles. The van der Waals surface area contributed by atoms with Gasteiger partial charge in [-0.15, -0.1) is 0 Å². The van der Waals surface area contributed by atoms with Crippen molar-refractivity contribution in [2.45, 2.75) is 57.2 Å². The number of aromatic nitrogens is 1. The van der Waals surface area contributed by atoms with E-state index in [2.05, 4.69) is 4.98 Å². The van der Waals surface area contributed by atoms with Crippen LogP contribution in [0.5, 0.6) is 0 Å². The van der Waals surface area contributed by atoms with Crippen LogP contribution >= 0.6 is 0 Å². The molecule has 5 nitrogen and oxygen atoms in total. The van der Waals surface area contributed by atoms with Gasteiger partial charge in [-0.3, -0.25) is 9.78 Å². The van der Waals surface area contributed by atoms with Gasteiger partial charge in [-0.25, -0.2) is 0 Å². The number of hydrogen-bond acceptors (Lipinski definition) is 4. The van der Waals surface area contributed by atoms with Gasteiger partial charge in [-0.2, -0.15) is 0 Å². The number of carbonyl (C=O) groups excluding carboxylic acids is 1. The molecule has 2 saturated carbocycles. The van der Waals surface area contributed by atoms with Crippen molar-refractivity contribution < 1.29 is 14.6 Å². The molecule has 136 valence electrons. The third-order valence-electron chi connectivity index (χ3n) is 6.52. The number of pyridine rings is 1. The Labute approximate surface area is 149 Å². The van der Waals surface area contributed by atoms with E-state index in [1.165, 1.54) is 12.8 Å². The second-order valence-electron chi connectivity index (χ2n) is 8.29. The molecule has 2 aliphatic carbocycles. The monoisotopic (exact) mass is 344 g/mol. The van der Waals surface area contributed by atoms with E-state index in [0.29, 0.717) is 25.6 Å². The third kappa shape index (κ3) is 3.44. The third-order valence-corrected chi connectivity index (χ3v) is 6.52. The summed E-state index contributed by atoms with van der Waals surface area (Å²) in [6, 6.07) is 5.86. The molecule has 0 unspecified atom stereocenters. The molecule has 1 aromatic rings. The summed E-state index contributed by atoms with van der Waals surface area (Å²) in [5.74, 6) is 0.664. The first kappa shape index (κ1) is 17.0. The number of fused-ring (bicyclic) bond motifs is 1. The van der Waals surface area contributed by atoms with Crippen LogP contribution in [0.2, 0.25) is 0 Å². The van der Waals surface area contributed by atoms with Crippen molar-refractivity contribution in [1.82, 2.24) is 9.88 Å². The van der Waals surface area contributed by atoms with E-state index in [0.717, 1.165) is 44.5 Å². The lowest BCUT2D eigenvalue weighted by Gasteiger charge is -2.37. The summed E-state index contributed by atoms with van der Waals surface area (Å²) in [4.78, 5) is 18.9. The van der Waals surface area contributed by atoms with Crippen molar-refractivity contribution in [1.29, 1.82) is 0 Å². The summed E-state index contributed by atoms with van der Waals surface area (Å²) < 4.78 is 6.02. The van der Waals surface area contributed by atoms with Crippen LogP contribution < -0.4 is 0 Å². The van der Waals surface area contributed by atoms with Gasteiger partial charge in [0.1, 0.15) is 0 Å². The molecule has 3 aliphatic rings. The topological polar surface area (TPSA) is 62.7 Å². The second kappa shape index (κ2) is 6.69. The molecule has 0 radical (unpaired) electrons. The summed E-state index contributed by atoms with van der Waals surface area (Å²) in [7, 11) is 0. The lowest BCUT2D eigenvalue weighted by molar-refractivity contribution is -0.140. The van der Waals surface area contributed by atoms with Gasteiger partial charge in [-0.1, -0.05) is 12.5 Å². The molecule has 5 heteroatoms. The lowest BCUT2D eigenvalue weighted by Crippen LogP contribution is -2.43. The highest BCUT2D eigenvalue weighted by Crippen LogP contribution is 2.49. The number of hydrogen-bond donors (Lipinski definition) is 1. The van der Waals surface area contributed by atoms with Crippen LogP contribution in [0.1, 0.15) is 50.6 Å². The number of amides is 1. The molecular weight excluding hydrogens is 316 g/mol. The summed E-state index contributed by atoms with van der Waals surface area (Å²) in [5.41, 5.74) is 0.330. The molecule has 3 fully saturated rings. The zero-order valence-corrected chi connectivity index (χ0v) is 14.8. The molecule has 0 aromatic carbocycles. The summed E-state index contributed by atoms with van der Waals surface area (Å²) >= 11 is 0. The van der Waals surface area contributed by atoms with Crippen molar-refractivity contribution >= 4 is 5.91 Å². The number of rotatable bonds is 6. The maximum atomic E-state index is 12.6. The fraction of sp³-hybridized carbons (Fsp3) is 0.700. The number of nitrogens with zero attached hydrogens (tertiary/aromatic N) is 2. The van der Waals surface area contributed by atoms with E-state index in [1.807, 2.05) is 23.1 Å². The average Bonchev–Trinajstić information content (AvgIpc) is 3.11. The SMILES string of the molecule is O=C(CC1(O)CCC1)N1C[C@H]2CCC[C@@]2(COCc2ccccn2)C1. The predicted octanol–water partition coefficient (Wildman–Crippen LogP) is 2.53. The number of ether oxygens (including phenoxy) is 1. The van der Waals surface area contributed by atoms with Crippen LogP contribution in [-0.2, 0) is 16.1 Å². The van der Waals surface area contributed by atoms with Crippen LogP contribution in [0.3, 0.4) is 0 Å². The lowest BCUT2D eigenvalue weighted by atomic mass is 9.77. The smallest absolute Gasteiger partial charge is 0.225 e. The van der Waals surface area contributed by atoms with Gasteiger partial charge >= 0.3 is 0 Å². The van der Waals surface area contributed by atoms with Crippen molar-refractivity contribution in [3.63, 3.8) is 0 Å². The van der Waals surface area contributed by atoms with E-state index in [4.69, 9.17) is 4.74 Å². The largest absolute Gasteiger partial charge is 0.389 e. The second-order valence-corrected chi connectivity index (χ2v) is 8.29. The van der Waals surface area contributed by atoms with Gasteiger partial charge in [0.15, 0.2) is 0 Å². The van der Waals surface area contributed by atoms with Crippen LogP contribution in [0, 0.1) is 11.3 Å². The first-order chi connectivity index (χ1) is 12.1. The van der Waals surface area contributed by atoms with Gasteiger partial charge in [0.05, 0.1) is 30.9 Å². The fourth-order valence-corrected chi connectivity index (χ4v) is 4.84. The van der Waals surface area contributed by atoms with Gasteiger partial charge in [0.25, 0.3) is 0 Å². The summed E-state index contributed by atoms with van der Waals surface area (Å²) in [6.07, 6.45) is 8.21. The minimum Gasteiger partial charge on any atom is -0.389 e. The molecule has 4 rings (SSSR count). The molecule has 2 atom stereocenters. The Kier molecular flexibility index (Phi) is 4.54. The van der Waals surface area contributed by atoms with E-state index >= 15 is 0 Å². The quantitative estimate of drug-likeness (QED) is 0.861. The van der Waals surface area contributed by atoms with Crippen molar-refractivity contribution in [3.05, 3.63) is 30.1 Å². The maximum absolute atomic E-state index is 12.6. The van der Waals surface area contributed by atoms with Gasteiger partial charge in [-0.05, 0) is 50.2 Å². The Hall–Kier alpha value is -1.46. The van der Waals surface area contributed by atoms with Crippen molar-refractivity contribution in [3.8, 4) is 0 Å². The molecule has 25 heavy (non-hydrogen) atoms. The van der Waals surface area contributed by atoms with Crippen LogP contribution in [0.4, 0.5) is 0 Å². The van der Waals surface area contributed by atoms with E-state index in [-0.39, 0.29) is 11.3 Å². The average molecular weight is 344 g/mol. The molecule has 0 spiro atoms. The zero-order chi connectivity index (χ0) is 17.3. The normalized spacial score (nSPS) is 30.1. The first-order valence-electron chi connectivity index (χ1n) is 9.57. The highest BCUT2D eigenvalue weighted by Gasteiger charge is 2.51. The number of aliphatic hydroxyl groups is 1. The minimum atomic E-state index is -0.725. The Morgan fingerprint density at radius 2 is 2.20 bits per heavy atom. The van der Waals surface area contributed by atoms with Crippen LogP contribution in [-0.4, -0.2) is 46.2 Å². The number of carbonyl (C=O) groups is 1. The van der Waals surface area contributed by atoms with Gasteiger partial charge in [0.2, 0.25) is 5.91 Å². The highest BCUT2D eigenvalue weighted by molar-refractivity contribution is 5.78. The van der Waals surface area contributed by atoms with Crippen molar-refractivity contribution in [2.75, 3.05) is 19.7 Å². The van der Waals surface area contributed by atoms with E-state index in [1.54, 1.807) is 6.20 Å².